The van der Waals surface area contributed by atoms with Gasteiger partial charge in [0.2, 0.25) is 0 Å². The Bertz CT molecular complexity index is 1400. The van der Waals surface area contributed by atoms with Gasteiger partial charge in [0.15, 0.2) is 17.6 Å². The first-order valence-corrected chi connectivity index (χ1v) is 10.7. The molecule has 3 aromatic rings. The molecule has 0 saturated heterocycles. The molecule has 2 aromatic carbocycles. The second kappa shape index (κ2) is 9.94. The van der Waals surface area contributed by atoms with Crippen molar-refractivity contribution in [2.75, 3.05) is 0 Å². The van der Waals surface area contributed by atoms with Crippen molar-refractivity contribution in [2.45, 2.75) is 25.6 Å². The third-order valence-corrected chi connectivity index (χ3v) is 5.46. The SMILES string of the molecule is CCC(Oc1ccccc1Oc1cc(-n2c(=O)cc(C(F)(F)F)n(C)c2=O)c(F)cc1Br)C(=O)O. The molecule has 0 saturated carbocycles. The van der Waals surface area contributed by atoms with E-state index in [4.69, 9.17) is 9.47 Å². The minimum atomic E-state index is -4.98. The van der Waals surface area contributed by atoms with Gasteiger partial charge < -0.3 is 14.6 Å². The number of para-hydroxylation sites is 2. The Balaban J connectivity index is 2.11. The molecule has 0 aliphatic carbocycles. The van der Waals surface area contributed by atoms with Gasteiger partial charge in [-0.25, -0.2) is 18.5 Å². The summed E-state index contributed by atoms with van der Waals surface area (Å²) in [5.41, 5.74) is -4.97. The molecule has 3 rings (SSSR count). The van der Waals surface area contributed by atoms with Gasteiger partial charge >= 0.3 is 17.8 Å². The van der Waals surface area contributed by atoms with Crippen LogP contribution in [-0.2, 0) is 18.0 Å². The van der Waals surface area contributed by atoms with Gasteiger partial charge in [-0.05, 0) is 40.5 Å². The number of benzene rings is 2. The Morgan fingerprint density at radius 3 is 2.31 bits per heavy atom. The summed E-state index contributed by atoms with van der Waals surface area (Å²) in [5, 5.41) is 9.25. The highest BCUT2D eigenvalue weighted by Gasteiger charge is 2.35. The highest BCUT2D eigenvalue weighted by atomic mass is 79.9. The first-order chi connectivity index (χ1) is 16.3. The number of carboxylic acids is 1. The van der Waals surface area contributed by atoms with Crippen molar-refractivity contribution in [2.24, 2.45) is 7.05 Å². The average Bonchev–Trinajstić information content (AvgIpc) is 2.77. The lowest BCUT2D eigenvalue weighted by atomic mass is 10.2. The van der Waals surface area contributed by atoms with Gasteiger partial charge in [0, 0.05) is 19.2 Å². The van der Waals surface area contributed by atoms with E-state index < -0.39 is 46.7 Å². The fourth-order valence-corrected chi connectivity index (χ4v) is 3.50. The number of alkyl halides is 3. The molecule has 1 N–H and O–H groups in total. The van der Waals surface area contributed by atoms with E-state index in [0.717, 1.165) is 19.2 Å². The van der Waals surface area contributed by atoms with Crippen molar-refractivity contribution in [3.8, 4) is 22.9 Å². The fourth-order valence-electron chi connectivity index (χ4n) is 3.10. The summed E-state index contributed by atoms with van der Waals surface area (Å²) in [6.07, 6.45) is -6.01. The zero-order valence-electron chi connectivity index (χ0n) is 18.1. The summed E-state index contributed by atoms with van der Waals surface area (Å²) < 4.78 is 65.8. The van der Waals surface area contributed by atoms with E-state index in [9.17, 15) is 37.1 Å². The quantitative estimate of drug-likeness (QED) is 0.427. The van der Waals surface area contributed by atoms with Crippen LogP contribution in [-0.4, -0.2) is 26.3 Å². The van der Waals surface area contributed by atoms with E-state index in [-0.39, 0.29) is 43.3 Å². The predicted molar refractivity (Wildman–Crippen MR) is 119 cm³/mol. The summed E-state index contributed by atoms with van der Waals surface area (Å²) in [5.74, 6) is -2.36. The maximum atomic E-state index is 14.8. The molecule has 35 heavy (non-hydrogen) atoms. The second-order valence-corrected chi connectivity index (χ2v) is 8.03. The number of carboxylic acid groups (broad SMARTS) is 1. The van der Waals surface area contributed by atoms with Gasteiger partial charge in [-0.2, -0.15) is 13.2 Å². The van der Waals surface area contributed by atoms with Crippen LogP contribution in [0.5, 0.6) is 17.2 Å². The van der Waals surface area contributed by atoms with Crippen LogP contribution in [0.3, 0.4) is 0 Å². The van der Waals surface area contributed by atoms with Crippen molar-refractivity contribution in [3.05, 3.63) is 79.3 Å². The normalized spacial score (nSPS) is 12.3. The Labute approximate surface area is 203 Å². The number of halogens is 5. The maximum absolute atomic E-state index is 14.8. The molecule has 1 unspecified atom stereocenters. The maximum Gasteiger partial charge on any atom is 0.431 e. The highest BCUT2D eigenvalue weighted by Crippen LogP contribution is 2.37. The van der Waals surface area contributed by atoms with E-state index in [0.29, 0.717) is 0 Å². The number of ether oxygens (including phenoxy) is 2. The third kappa shape index (κ3) is 5.39. The van der Waals surface area contributed by atoms with Gasteiger partial charge in [-0.1, -0.05) is 19.1 Å². The molecule has 0 aliphatic heterocycles. The average molecular weight is 561 g/mol. The molecule has 0 aliphatic rings. The van der Waals surface area contributed by atoms with Crippen molar-refractivity contribution < 1.29 is 36.9 Å². The Morgan fingerprint density at radius 1 is 1.11 bits per heavy atom. The summed E-state index contributed by atoms with van der Waals surface area (Å²) >= 11 is 3.09. The van der Waals surface area contributed by atoms with Crippen molar-refractivity contribution in [1.29, 1.82) is 0 Å². The van der Waals surface area contributed by atoms with Crippen LogP contribution in [0.4, 0.5) is 17.6 Å². The number of aliphatic carboxylic acids is 1. The van der Waals surface area contributed by atoms with E-state index >= 15 is 0 Å². The Hall–Kier alpha value is -3.61. The highest BCUT2D eigenvalue weighted by molar-refractivity contribution is 9.10. The molecule has 0 spiro atoms. The summed E-state index contributed by atoms with van der Waals surface area (Å²) in [6, 6.07) is 7.98. The minimum absolute atomic E-state index is 0.0260. The molecular formula is C22H17BrF4N2O6. The van der Waals surface area contributed by atoms with Crippen molar-refractivity contribution in [1.82, 2.24) is 9.13 Å². The van der Waals surface area contributed by atoms with Crippen LogP contribution in [0.15, 0.2) is 56.5 Å². The molecular weight excluding hydrogens is 544 g/mol. The van der Waals surface area contributed by atoms with Crippen LogP contribution in [0.25, 0.3) is 5.69 Å². The lowest BCUT2D eigenvalue weighted by Crippen LogP contribution is -2.41. The van der Waals surface area contributed by atoms with Crippen LogP contribution < -0.4 is 20.7 Å². The van der Waals surface area contributed by atoms with Gasteiger partial charge in [-0.3, -0.25) is 9.36 Å². The molecule has 0 radical (unpaired) electrons. The molecule has 1 heterocycles. The molecule has 0 amide bonds. The van der Waals surface area contributed by atoms with Crippen LogP contribution in [0.1, 0.15) is 19.0 Å². The van der Waals surface area contributed by atoms with Crippen LogP contribution in [0, 0.1) is 5.82 Å². The van der Waals surface area contributed by atoms with E-state index in [2.05, 4.69) is 15.9 Å². The Kier molecular flexibility index (Phi) is 7.38. The second-order valence-electron chi connectivity index (χ2n) is 7.18. The minimum Gasteiger partial charge on any atom is -0.479 e. The van der Waals surface area contributed by atoms with Gasteiger partial charge in [0.1, 0.15) is 17.3 Å². The lowest BCUT2D eigenvalue weighted by molar-refractivity contribution is -0.145. The van der Waals surface area contributed by atoms with E-state index in [1.807, 2.05) is 0 Å². The van der Waals surface area contributed by atoms with Crippen molar-refractivity contribution >= 4 is 21.9 Å². The molecule has 8 nitrogen and oxygen atoms in total. The topological polar surface area (TPSA) is 99.8 Å². The number of hydrogen-bond acceptors (Lipinski definition) is 5. The predicted octanol–water partition coefficient (Wildman–Crippen LogP) is 4.49. The van der Waals surface area contributed by atoms with Gasteiger partial charge in [0.25, 0.3) is 5.56 Å². The zero-order chi connectivity index (χ0) is 26.1. The number of nitrogens with zero attached hydrogens (tertiary/aromatic N) is 2. The number of hydrogen-bond donors (Lipinski definition) is 1. The van der Waals surface area contributed by atoms with E-state index in [1.165, 1.54) is 12.1 Å². The molecule has 0 fully saturated rings. The first-order valence-electron chi connectivity index (χ1n) is 9.91. The monoisotopic (exact) mass is 560 g/mol. The number of carbonyl (C=O) groups is 1. The number of aromatic nitrogens is 2. The fraction of sp³-hybridized carbons (Fsp3) is 0.227. The summed E-state index contributed by atoms with van der Waals surface area (Å²) in [7, 11) is 0.801. The van der Waals surface area contributed by atoms with E-state index in [1.54, 1.807) is 19.1 Å². The molecule has 1 atom stereocenters. The van der Waals surface area contributed by atoms with Crippen LogP contribution >= 0.6 is 15.9 Å². The largest absolute Gasteiger partial charge is 0.479 e. The standard InChI is InChI=1S/C22H17BrF4N2O6/c1-3-14(20(31)32)34-15-6-4-5-7-16(15)35-17-9-13(12(24)8-11(17)23)29-19(30)10-18(22(25,26)27)28(2)21(29)33/h4-10,14H,3H2,1-2H3,(H,31,32). The number of rotatable bonds is 7. The molecule has 1 aromatic heterocycles. The molecule has 186 valence electrons. The summed E-state index contributed by atoms with van der Waals surface area (Å²) in [4.78, 5) is 36.3. The summed E-state index contributed by atoms with van der Waals surface area (Å²) in [6.45, 7) is 1.60. The first kappa shape index (κ1) is 26.0. The van der Waals surface area contributed by atoms with Crippen LogP contribution in [0.2, 0.25) is 0 Å². The van der Waals surface area contributed by atoms with Gasteiger partial charge in [0.05, 0.1) is 10.2 Å². The smallest absolute Gasteiger partial charge is 0.431 e. The lowest BCUT2D eigenvalue weighted by Gasteiger charge is -2.18. The third-order valence-electron chi connectivity index (χ3n) is 4.84. The molecule has 13 heteroatoms. The molecule has 0 bridgehead atoms. The zero-order valence-corrected chi connectivity index (χ0v) is 19.7. The van der Waals surface area contributed by atoms with Gasteiger partial charge in [-0.15, -0.1) is 0 Å². The van der Waals surface area contributed by atoms with Crippen molar-refractivity contribution in [3.63, 3.8) is 0 Å². The Morgan fingerprint density at radius 2 is 1.74 bits per heavy atom.